The summed E-state index contributed by atoms with van der Waals surface area (Å²) in [5.74, 6) is 0.997. The second kappa shape index (κ2) is 12.7. The number of fused-ring (bicyclic) bond motifs is 1. The highest BCUT2D eigenvalue weighted by molar-refractivity contribution is 7.93. The smallest absolute Gasteiger partial charge is 0.407 e. The molecule has 2 aliphatic heterocycles. The summed E-state index contributed by atoms with van der Waals surface area (Å²) in [6, 6.07) is 16.4. The Bertz CT molecular complexity index is 1910. The van der Waals surface area contributed by atoms with Crippen molar-refractivity contribution >= 4 is 55.2 Å². The number of nitro benzene ring substituents is 1. The van der Waals surface area contributed by atoms with E-state index in [1.807, 2.05) is 4.90 Å². The Morgan fingerprint density at radius 3 is 2.57 bits per heavy atom. The van der Waals surface area contributed by atoms with Gasteiger partial charge in [0.1, 0.15) is 18.1 Å². The lowest BCUT2D eigenvalue weighted by Crippen LogP contribution is -2.34. The molecule has 3 heterocycles. The molecule has 238 valence electrons. The summed E-state index contributed by atoms with van der Waals surface area (Å²) in [5, 5.41) is 23.1. The summed E-state index contributed by atoms with van der Waals surface area (Å²) in [7, 11) is -2.53. The van der Waals surface area contributed by atoms with Crippen molar-refractivity contribution in [3.05, 3.63) is 99.6 Å². The average Bonchev–Trinajstić information content (AvgIpc) is 3.61. The molecule has 4 aromatic rings. The van der Waals surface area contributed by atoms with Gasteiger partial charge in [-0.15, -0.1) is 11.3 Å². The molecule has 1 aromatic heterocycles. The van der Waals surface area contributed by atoms with Crippen molar-refractivity contribution in [2.45, 2.75) is 17.9 Å². The molecule has 0 fully saturated rings. The van der Waals surface area contributed by atoms with Gasteiger partial charge in [-0.2, -0.15) is 0 Å². The van der Waals surface area contributed by atoms with Gasteiger partial charge in [0.2, 0.25) is 0 Å². The van der Waals surface area contributed by atoms with Crippen molar-refractivity contribution in [1.82, 2.24) is 9.88 Å². The van der Waals surface area contributed by atoms with Gasteiger partial charge in [-0.1, -0.05) is 18.2 Å². The molecule has 0 bridgehead atoms. The first-order valence-electron chi connectivity index (χ1n) is 14.2. The largest absolute Gasteiger partial charge is 0.497 e. The number of nitro groups is 1. The van der Waals surface area contributed by atoms with Crippen molar-refractivity contribution < 1.29 is 32.7 Å². The van der Waals surface area contributed by atoms with Crippen LogP contribution >= 0.6 is 11.3 Å². The summed E-state index contributed by atoms with van der Waals surface area (Å²) in [5.41, 5.74) is 3.33. The van der Waals surface area contributed by atoms with Gasteiger partial charge in [0.05, 0.1) is 35.7 Å². The highest BCUT2D eigenvalue weighted by Gasteiger charge is 2.31. The van der Waals surface area contributed by atoms with Crippen molar-refractivity contribution in [3.63, 3.8) is 0 Å². The van der Waals surface area contributed by atoms with E-state index in [4.69, 9.17) is 9.47 Å². The lowest BCUT2D eigenvalue weighted by Gasteiger charge is -2.34. The number of hydrogen-bond donors (Lipinski definition) is 1. The molecule has 3 aromatic carbocycles. The Morgan fingerprint density at radius 1 is 1.13 bits per heavy atom. The third-order valence-electron chi connectivity index (χ3n) is 7.81. The molecule has 15 heteroatoms. The predicted molar refractivity (Wildman–Crippen MR) is 173 cm³/mol. The van der Waals surface area contributed by atoms with Crippen molar-refractivity contribution in [2.75, 3.05) is 42.6 Å². The van der Waals surface area contributed by atoms with Crippen LogP contribution in [0.4, 0.5) is 27.0 Å². The second-order valence-corrected chi connectivity index (χ2v) is 13.2. The molecule has 1 amide bonds. The molecule has 0 unspecified atom stereocenters. The number of nitrogens with zero attached hydrogens (tertiary/aromatic N) is 5. The van der Waals surface area contributed by atoms with Crippen LogP contribution in [0.25, 0.3) is 5.57 Å². The normalized spacial score (nSPS) is 14.6. The zero-order valence-corrected chi connectivity index (χ0v) is 26.2. The minimum atomic E-state index is -4.09. The van der Waals surface area contributed by atoms with Gasteiger partial charge >= 0.3 is 6.09 Å². The topological polar surface area (TPSA) is 156 Å². The van der Waals surface area contributed by atoms with Crippen LogP contribution in [-0.2, 0) is 16.6 Å². The zero-order valence-electron chi connectivity index (χ0n) is 24.6. The summed E-state index contributed by atoms with van der Waals surface area (Å²) in [4.78, 5) is 30.2. The van der Waals surface area contributed by atoms with E-state index in [1.165, 1.54) is 44.8 Å². The number of sulfonamides is 1. The molecule has 1 N–H and O–H groups in total. The first kappa shape index (κ1) is 30.9. The third kappa shape index (κ3) is 6.06. The highest BCUT2D eigenvalue weighted by Crippen LogP contribution is 2.43. The fourth-order valence-electron chi connectivity index (χ4n) is 5.45. The van der Waals surface area contributed by atoms with E-state index in [9.17, 15) is 28.4 Å². The van der Waals surface area contributed by atoms with Crippen LogP contribution in [0.15, 0.2) is 83.2 Å². The summed E-state index contributed by atoms with van der Waals surface area (Å²) >= 11 is 1.21. The number of methoxy groups -OCH3 is 1. The van der Waals surface area contributed by atoms with E-state index in [1.54, 1.807) is 61.2 Å². The van der Waals surface area contributed by atoms with Crippen LogP contribution < -0.4 is 18.7 Å². The number of amides is 1. The maximum absolute atomic E-state index is 14.1. The second-order valence-electron chi connectivity index (χ2n) is 10.5. The molecular weight excluding hydrogens is 635 g/mol. The van der Waals surface area contributed by atoms with Crippen LogP contribution in [0, 0.1) is 10.1 Å². The molecule has 13 nitrogen and oxygen atoms in total. The zero-order chi connectivity index (χ0) is 32.4. The monoisotopic (exact) mass is 663 g/mol. The van der Waals surface area contributed by atoms with E-state index in [0.29, 0.717) is 46.5 Å². The molecule has 6 rings (SSSR count). The maximum atomic E-state index is 14.1. The number of thiazole rings is 1. The quantitative estimate of drug-likeness (QED) is 0.173. The Morgan fingerprint density at radius 2 is 1.91 bits per heavy atom. The maximum Gasteiger partial charge on any atom is 0.407 e. The Hall–Kier alpha value is -5.15. The molecule has 0 radical (unpaired) electrons. The van der Waals surface area contributed by atoms with Gasteiger partial charge < -0.3 is 24.4 Å². The van der Waals surface area contributed by atoms with Crippen molar-refractivity contribution in [2.24, 2.45) is 0 Å². The Kier molecular flexibility index (Phi) is 8.51. The van der Waals surface area contributed by atoms with Gasteiger partial charge in [-0.3, -0.25) is 10.1 Å². The average molecular weight is 664 g/mol. The van der Waals surface area contributed by atoms with E-state index in [-0.39, 0.29) is 36.8 Å². The number of aromatic nitrogens is 1. The molecule has 0 saturated carbocycles. The van der Waals surface area contributed by atoms with Crippen molar-refractivity contribution in [3.8, 4) is 11.5 Å². The van der Waals surface area contributed by atoms with Gasteiger partial charge in [0, 0.05) is 54.1 Å². The van der Waals surface area contributed by atoms with E-state index in [2.05, 4.69) is 4.98 Å². The number of carboxylic acid groups (broad SMARTS) is 1. The van der Waals surface area contributed by atoms with Gasteiger partial charge in [0.15, 0.2) is 5.13 Å². The van der Waals surface area contributed by atoms with Gasteiger partial charge in [0.25, 0.3) is 15.7 Å². The standard InChI is InChI=1S/C31H29N5O8S2/c1-43-24-5-2-21(3-6-24)20-35(30-32-12-17-45-30)46(41,42)25-7-9-28-29(19-25)44-16-15-34(28)27-8-4-23(36(39)40)18-26(27)22-10-13-33(14-11-22)31(37)38/h2-10,12,17-19H,11,13-16,20H2,1H3,(H,37,38). The van der Waals surface area contributed by atoms with Crippen LogP contribution in [0.2, 0.25) is 0 Å². The fourth-order valence-corrected chi connectivity index (χ4v) is 7.74. The van der Waals surface area contributed by atoms with Crippen LogP contribution in [0.5, 0.6) is 11.5 Å². The van der Waals surface area contributed by atoms with Gasteiger partial charge in [-0.05, 0) is 47.9 Å². The SMILES string of the molecule is COc1ccc(CN(c2nccs2)S(=O)(=O)c2ccc3c(c2)OCCN3c2ccc([N+](=O)[O-])cc2C2=CCN(C(=O)O)CC2)cc1. The number of ether oxygens (including phenoxy) is 2. The molecule has 46 heavy (non-hydrogen) atoms. The predicted octanol–water partition coefficient (Wildman–Crippen LogP) is 5.75. The molecule has 0 spiro atoms. The van der Waals surface area contributed by atoms with Crippen LogP contribution in [-0.4, -0.2) is 67.8 Å². The van der Waals surface area contributed by atoms with Crippen LogP contribution in [0.1, 0.15) is 17.5 Å². The number of rotatable bonds is 9. The van der Waals surface area contributed by atoms with Crippen molar-refractivity contribution in [1.29, 1.82) is 0 Å². The Labute approximate surface area is 268 Å². The first-order valence-corrected chi connectivity index (χ1v) is 16.5. The number of hydrogen-bond acceptors (Lipinski definition) is 10. The fraction of sp³-hybridized carbons (Fsp3) is 0.226. The summed E-state index contributed by atoms with van der Waals surface area (Å²) in [6.07, 6.45) is 2.68. The number of non-ortho nitro benzene ring substituents is 1. The highest BCUT2D eigenvalue weighted by atomic mass is 32.2. The number of carbonyl (C=O) groups is 1. The minimum Gasteiger partial charge on any atom is -0.497 e. The molecule has 0 atom stereocenters. The van der Waals surface area contributed by atoms with Crippen LogP contribution in [0.3, 0.4) is 0 Å². The molecule has 2 aliphatic rings. The lowest BCUT2D eigenvalue weighted by molar-refractivity contribution is -0.384. The molecule has 0 saturated heterocycles. The van der Waals surface area contributed by atoms with Gasteiger partial charge in [-0.25, -0.2) is 22.5 Å². The van der Waals surface area contributed by atoms with E-state index >= 15 is 0 Å². The number of benzene rings is 3. The summed E-state index contributed by atoms with van der Waals surface area (Å²) < 4.78 is 40.7. The Balaban J connectivity index is 1.36. The minimum absolute atomic E-state index is 0.0180. The summed E-state index contributed by atoms with van der Waals surface area (Å²) in [6.45, 7) is 1.11. The molecule has 0 aliphatic carbocycles. The van der Waals surface area contributed by atoms with E-state index < -0.39 is 21.0 Å². The first-order chi connectivity index (χ1) is 22.2. The third-order valence-corrected chi connectivity index (χ3v) is 10.4. The number of anilines is 3. The lowest BCUT2D eigenvalue weighted by atomic mass is 9.96. The molecular formula is C31H29N5O8S2. The van der Waals surface area contributed by atoms with E-state index in [0.717, 1.165) is 11.1 Å².